The van der Waals surface area contributed by atoms with E-state index in [9.17, 15) is 0 Å². The number of nitrogens with zero attached hydrogens (tertiary/aromatic N) is 1. The highest BCUT2D eigenvalue weighted by atomic mass is 79.9. The van der Waals surface area contributed by atoms with Crippen LogP contribution in [0.3, 0.4) is 0 Å². The molecule has 2 N–H and O–H groups in total. The molecule has 0 saturated heterocycles. The molecule has 0 aromatic heterocycles. The molecule has 4 nitrogen and oxygen atoms in total. The van der Waals surface area contributed by atoms with E-state index in [-0.39, 0.29) is 12.0 Å². The molecule has 0 spiro atoms. The van der Waals surface area contributed by atoms with Gasteiger partial charge in [0.2, 0.25) is 5.88 Å². The number of rotatable bonds is 1. The lowest BCUT2D eigenvalue weighted by Gasteiger charge is -2.16. The summed E-state index contributed by atoms with van der Waals surface area (Å²) in [5.74, 6) is -0.0793. The molecular formula is C7H10BrN2O2. The maximum absolute atomic E-state index is 9.16. The molecule has 0 atom stereocenters. The number of nitrogens with one attached hydrogen (secondary N) is 1. The van der Waals surface area contributed by atoms with Crippen LogP contribution in [0.2, 0.25) is 0 Å². The first-order valence-electron chi connectivity index (χ1n) is 3.53. The Kier molecular flexibility index (Phi) is 2.97. The number of aliphatic hydroxyl groups is 1. The van der Waals surface area contributed by atoms with E-state index in [4.69, 9.17) is 9.84 Å². The Labute approximate surface area is 79.5 Å². The molecule has 0 bridgehead atoms. The third-order valence-corrected chi connectivity index (χ3v) is 1.67. The summed E-state index contributed by atoms with van der Waals surface area (Å²) in [4.78, 5) is 3.74. The number of ether oxygens (including phenoxy) is 1. The van der Waals surface area contributed by atoms with Crippen molar-refractivity contribution in [2.24, 2.45) is 4.99 Å². The van der Waals surface area contributed by atoms with Crippen LogP contribution in [0.1, 0.15) is 13.8 Å². The quantitative estimate of drug-likeness (QED) is 0.725. The van der Waals surface area contributed by atoms with E-state index in [1.807, 2.05) is 13.8 Å². The van der Waals surface area contributed by atoms with Crippen LogP contribution in [0.15, 0.2) is 15.4 Å². The molecule has 1 heterocycles. The Balaban J connectivity index is 2.63. The molecule has 67 valence electrons. The van der Waals surface area contributed by atoms with Crippen LogP contribution in [-0.4, -0.2) is 17.2 Å². The smallest absolute Gasteiger partial charge is 0.293 e. The van der Waals surface area contributed by atoms with Crippen molar-refractivity contribution in [2.75, 3.05) is 0 Å². The summed E-state index contributed by atoms with van der Waals surface area (Å²) in [6.45, 7) is 5.34. The van der Waals surface area contributed by atoms with Crippen LogP contribution in [0.4, 0.5) is 0 Å². The Morgan fingerprint density at radius 3 is 2.83 bits per heavy atom. The summed E-state index contributed by atoms with van der Waals surface area (Å²) in [5.41, 5.74) is 0. The Hall–Kier alpha value is -0.710. The van der Waals surface area contributed by atoms with Gasteiger partial charge in [-0.2, -0.15) is 4.99 Å². The third kappa shape index (κ3) is 2.41. The fourth-order valence-corrected chi connectivity index (χ4v) is 0.858. The van der Waals surface area contributed by atoms with Gasteiger partial charge < -0.3 is 15.2 Å². The summed E-state index contributed by atoms with van der Waals surface area (Å²) < 4.78 is 5.72. The molecule has 5 heteroatoms. The van der Waals surface area contributed by atoms with Crippen LogP contribution in [0.25, 0.3) is 0 Å². The number of hydrogen-bond donors (Lipinski definition) is 2. The SMILES string of the molecule is CC(C)OC1=NC(O)=C(Br)[CH]N1. The number of aliphatic hydroxyl groups excluding tert-OH is 1. The molecule has 1 aliphatic rings. The molecule has 1 aliphatic heterocycles. The summed E-state index contributed by atoms with van der Waals surface area (Å²) >= 11 is 3.10. The molecule has 0 amide bonds. The largest absolute Gasteiger partial charge is 0.493 e. The van der Waals surface area contributed by atoms with Crippen molar-refractivity contribution in [3.8, 4) is 0 Å². The minimum atomic E-state index is -0.0793. The van der Waals surface area contributed by atoms with Gasteiger partial charge in [-0.3, -0.25) is 0 Å². The van der Waals surface area contributed by atoms with Crippen molar-refractivity contribution in [1.29, 1.82) is 0 Å². The third-order valence-electron chi connectivity index (χ3n) is 1.09. The van der Waals surface area contributed by atoms with Crippen molar-refractivity contribution >= 4 is 22.0 Å². The first-order chi connectivity index (χ1) is 5.59. The van der Waals surface area contributed by atoms with Crippen LogP contribution >= 0.6 is 15.9 Å². The van der Waals surface area contributed by atoms with Crippen molar-refractivity contribution in [1.82, 2.24) is 5.32 Å². The van der Waals surface area contributed by atoms with E-state index in [0.29, 0.717) is 10.5 Å². The van der Waals surface area contributed by atoms with E-state index in [2.05, 4.69) is 26.2 Å². The van der Waals surface area contributed by atoms with E-state index >= 15 is 0 Å². The van der Waals surface area contributed by atoms with Gasteiger partial charge in [0.1, 0.15) is 0 Å². The Bertz CT molecular complexity index is 236. The number of amidine groups is 1. The van der Waals surface area contributed by atoms with Crippen molar-refractivity contribution in [2.45, 2.75) is 20.0 Å². The highest BCUT2D eigenvalue weighted by Crippen LogP contribution is 2.16. The second kappa shape index (κ2) is 3.80. The Morgan fingerprint density at radius 1 is 1.67 bits per heavy atom. The van der Waals surface area contributed by atoms with Gasteiger partial charge in [-0.15, -0.1) is 0 Å². The molecule has 0 unspecified atom stereocenters. The zero-order chi connectivity index (χ0) is 9.14. The van der Waals surface area contributed by atoms with Gasteiger partial charge in [-0.05, 0) is 29.8 Å². The molecular weight excluding hydrogens is 224 g/mol. The molecule has 1 rings (SSSR count). The normalized spacial score (nSPS) is 17.5. The fourth-order valence-electron chi connectivity index (χ4n) is 0.655. The van der Waals surface area contributed by atoms with Crippen LogP contribution in [0.5, 0.6) is 0 Å². The topological polar surface area (TPSA) is 53.9 Å². The maximum atomic E-state index is 9.16. The summed E-state index contributed by atoms with van der Waals surface area (Å²) in [6, 6.07) is 0.311. The lowest BCUT2D eigenvalue weighted by Crippen LogP contribution is -2.29. The van der Waals surface area contributed by atoms with Gasteiger partial charge >= 0.3 is 0 Å². The van der Waals surface area contributed by atoms with E-state index < -0.39 is 0 Å². The van der Waals surface area contributed by atoms with Crippen LogP contribution in [0, 0.1) is 6.54 Å². The summed E-state index contributed by atoms with van der Waals surface area (Å²) in [6.07, 6.45) is 0.0364. The standard InChI is InChI=1S/C7H10BrN2O2/c1-4(2)12-7-9-3-5(8)6(11)10-7/h3-4,11H,1-2H3,(H,9,10). The zero-order valence-corrected chi connectivity index (χ0v) is 8.42. The van der Waals surface area contributed by atoms with E-state index in [1.165, 1.54) is 0 Å². The molecule has 1 radical (unpaired) electrons. The van der Waals surface area contributed by atoms with E-state index in [1.54, 1.807) is 6.54 Å². The lowest BCUT2D eigenvalue weighted by atomic mass is 10.5. The van der Waals surface area contributed by atoms with Gasteiger partial charge in [0.25, 0.3) is 6.02 Å². The first kappa shape index (κ1) is 9.38. The second-order valence-electron chi connectivity index (χ2n) is 2.54. The van der Waals surface area contributed by atoms with Gasteiger partial charge in [0.05, 0.1) is 17.1 Å². The first-order valence-corrected chi connectivity index (χ1v) is 4.32. The second-order valence-corrected chi connectivity index (χ2v) is 3.40. The average molecular weight is 234 g/mol. The fraction of sp³-hybridized carbons (Fsp3) is 0.429. The molecule has 0 aliphatic carbocycles. The summed E-state index contributed by atoms with van der Waals surface area (Å²) in [5, 5.41) is 11.9. The average Bonchev–Trinajstić information content (AvgIpc) is 1.96. The van der Waals surface area contributed by atoms with Crippen LogP contribution < -0.4 is 5.32 Å². The van der Waals surface area contributed by atoms with Crippen molar-refractivity contribution in [3.05, 3.63) is 16.9 Å². The Morgan fingerprint density at radius 2 is 2.33 bits per heavy atom. The number of hydrogen-bond acceptors (Lipinski definition) is 4. The van der Waals surface area contributed by atoms with Gasteiger partial charge in [0.15, 0.2) is 0 Å². The predicted molar refractivity (Wildman–Crippen MR) is 49.7 cm³/mol. The molecule has 0 saturated carbocycles. The lowest BCUT2D eigenvalue weighted by molar-refractivity contribution is 0.215. The van der Waals surface area contributed by atoms with Gasteiger partial charge in [-0.1, -0.05) is 0 Å². The molecule has 0 aromatic carbocycles. The minimum absolute atomic E-state index is 0.0364. The molecule has 0 fully saturated rings. The zero-order valence-electron chi connectivity index (χ0n) is 6.84. The van der Waals surface area contributed by atoms with E-state index in [0.717, 1.165) is 0 Å². The monoisotopic (exact) mass is 233 g/mol. The van der Waals surface area contributed by atoms with Gasteiger partial charge in [-0.25, -0.2) is 0 Å². The van der Waals surface area contributed by atoms with Crippen molar-refractivity contribution < 1.29 is 9.84 Å². The molecule has 12 heavy (non-hydrogen) atoms. The minimum Gasteiger partial charge on any atom is -0.493 e. The maximum Gasteiger partial charge on any atom is 0.293 e. The van der Waals surface area contributed by atoms with Crippen molar-refractivity contribution in [3.63, 3.8) is 0 Å². The number of halogens is 1. The molecule has 0 aromatic rings. The number of aliphatic imine (C=N–C) groups is 1. The van der Waals surface area contributed by atoms with Crippen LogP contribution in [-0.2, 0) is 4.74 Å². The van der Waals surface area contributed by atoms with Gasteiger partial charge in [0, 0.05) is 0 Å². The predicted octanol–water partition coefficient (Wildman–Crippen LogP) is 1.65. The highest BCUT2D eigenvalue weighted by Gasteiger charge is 2.13. The highest BCUT2D eigenvalue weighted by molar-refractivity contribution is 9.11. The summed E-state index contributed by atoms with van der Waals surface area (Å²) in [7, 11) is 0.